The van der Waals surface area contributed by atoms with Gasteiger partial charge >= 0.3 is 0 Å². The van der Waals surface area contributed by atoms with Crippen molar-refractivity contribution in [2.45, 2.75) is 4.90 Å². The maximum atomic E-state index is 12.2. The van der Waals surface area contributed by atoms with Gasteiger partial charge in [0.05, 0.1) is 15.7 Å². The van der Waals surface area contributed by atoms with Gasteiger partial charge in [-0.25, -0.2) is 8.42 Å². The van der Waals surface area contributed by atoms with Crippen molar-refractivity contribution in [3.05, 3.63) is 57.0 Å². The fourth-order valence-electron chi connectivity index (χ4n) is 1.43. The van der Waals surface area contributed by atoms with Gasteiger partial charge in [0.1, 0.15) is 4.90 Å². The summed E-state index contributed by atoms with van der Waals surface area (Å²) in [5, 5.41) is 0.670. The lowest BCUT2D eigenvalue weighted by atomic mass is 10.3. The Labute approximate surface area is 129 Å². The van der Waals surface area contributed by atoms with Gasteiger partial charge in [-0.2, -0.15) is 0 Å². The highest BCUT2D eigenvalue weighted by atomic mass is 79.9. The first-order valence-corrected chi connectivity index (χ1v) is 8.16. The van der Waals surface area contributed by atoms with Crippen LogP contribution in [-0.4, -0.2) is 8.42 Å². The second-order valence-corrected chi connectivity index (χ2v) is 6.98. The number of halogens is 3. The summed E-state index contributed by atoms with van der Waals surface area (Å²) in [6.07, 6.45) is 0. The zero-order valence-corrected chi connectivity index (χ0v) is 13.3. The Hall–Kier alpha value is -0.750. The zero-order valence-electron chi connectivity index (χ0n) is 9.40. The molecule has 0 aliphatic heterocycles. The van der Waals surface area contributed by atoms with Crippen LogP contribution in [0.4, 0.5) is 5.69 Å². The maximum Gasteiger partial charge on any atom is 0.263 e. The predicted molar refractivity (Wildman–Crippen MR) is 81.4 cm³/mol. The average Bonchev–Trinajstić information content (AvgIpc) is 2.34. The normalized spacial score (nSPS) is 11.3. The Morgan fingerprint density at radius 1 is 1.00 bits per heavy atom. The van der Waals surface area contributed by atoms with Crippen molar-refractivity contribution in [2.75, 3.05) is 4.72 Å². The summed E-state index contributed by atoms with van der Waals surface area (Å²) in [6, 6.07) is 11.0. The van der Waals surface area contributed by atoms with E-state index < -0.39 is 10.0 Å². The summed E-state index contributed by atoms with van der Waals surface area (Å²) < 4.78 is 27.4. The molecule has 0 bridgehead atoms. The molecule has 0 heterocycles. The SMILES string of the molecule is O=S(=O)(Nc1ccc(Cl)c(Br)c1)c1ccccc1Cl. The fourth-order valence-corrected chi connectivity index (χ4v) is 3.50. The number of sulfonamides is 1. The van der Waals surface area contributed by atoms with Gasteiger partial charge in [0.2, 0.25) is 0 Å². The largest absolute Gasteiger partial charge is 0.280 e. The molecule has 0 saturated carbocycles. The molecule has 1 N–H and O–H groups in total. The average molecular weight is 381 g/mol. The number of hydrogen-bond acceptors (Lipinski definition) is 2. The van der Waals surface area contributed by atoms with E-state index in [4.69, 9.17) is 23.2 Å². The summed E-state index contributed by atoms with van der Waals surface area (Å²) in [5.41, 5.74) is 0.399. The highest BCUT2D eigenvalue weighted by molar-refractivity contribution is 9.10. The number of hydrogen-bond donors (Lipinski definition) is 1. The molecule has 0 radical (unpaired) electrons. The van der Waals surface area contributed by atoms with Gasteiger partial charge in [-0.3, -0.25) is 4.72 Å². The zero-order chi connectivity index (χ0) is 14.0. The molecule has 0 atom stereocenters. The highest BCUT2D eigenvalue weighted by Gasteiger charge is 2.17. The summed E-state index contributed by atoms with van der Waals surface area (Å²) in [6.45, 7) is 0. The maximum absolute atomic E-state index is 12.2. The van der Waals surface area contributed by atoms with Gasteiger partial charge in [-0.1, -0.05) is 35.3 Å². The Morgan fingerprint density at radius 2 is 1.68 bits per heavy atom. The molecule has 3 nitrogen and oxygen atoms in total. The highest BCUT2D eigenvalue weighted by Crippen LogP contribution is 2.28. The number of benzene rings is 2. The van der Waals surface area contributed by atoms with E-state index in [1.165, 1.54) is 12.1 Å². The van der Waals surface area contributed by atoms with Gasteiger partial charge in [0, 0.05) is 4.47 Å². The van der Waals surface area contributed by atoms with E-state index in [1.54, 1.807) is 30.3 Å². The molecule has 2 rings (SSSR count). The Morgan fingerprint density at radius 3 is 2.32 bits per heavy atom. The van der Waals surface area contributed by atoms with Gasteiger partial charge in [0.25, 0.3) is 10.0 Å². The lowest BCUT2D eigenvalue weighted by molar-refractivity contribution is 0.601. The minimum absolute atomic E-state index is 0.0303. The van der Waals surface area contributed by atoms with Crippen LogP contribution in [0, 0.1) is 0 Å². The molecule has 0 amide bonds. The summed E-state index contributed by atoms with van der Waals surface area (Å²) >= 11 is 15.0. The first kappa shape index (κ1) is 14.7. The molecule has 0 aliphatic carbocycles. The predicted octanol–water partition coefficient (Wildman–Crippen LogP) is 4.56. The van der Waals surface area contributed by atoms with Crippen LogP contribution >= 0.6 is 39.1 Å². The fraction of sp³-hybridized carbons (Fsp3) is 0. The second-order valence-electron chi connectivity index (χ2n) is 3.66. The molecule has 0 aromatic heterocycles. The standard InChI is InChI=1S/C12H8BrCl2NO2S/c13-9-7-8(5-6-10(9)14)16-19(17,18)12-4-2-1-3-11(12)15/h1-7,16H. The third-order valence-corrected chi connectivity index (χ3v) is 5.39. The number of rotatable bonds is 3. The third kappa shape index (κ3) is 3.42. The van der Waals surface area contributed by atoms with Gasteiger partial charge in [-0.15, -0.1) is 0 Å². The molecule has 0 aliphatic rings. The third-order valence-electron chi connectivity index (χ3n) is 2.30. The van der Waals surface area contributed by atoms with Crippen LogP contribution in [0.2, 0.25) is 10.0 Å². The molecule has 19 heavy (non-hydrogen) atoms. The van der Waals surface area contributed by atoms with Crippen LogP contribution in [0.25, 0.3) is 0 Å². The molecule has 0 unspecified atom stereocenters. The van der Waals surface area contributed by atoms with Gasteiger partial charge in [0.15, 0.2) is 0 Å². The van der Waals surface area contributed by atoms with Crippen LogP contribution in [0.3, 0.4) is 0 Å². The molecule has 7 heteroatoms. The first-order chi connectivity index (χ1) is 8.90. The van der Waals surface area contributed by atoms with E-state index >= 15 is 0 Å². The van der Waals surface area contributed by atoms with Crippen molar-refractivity contribution in [1.82, 2.24) is 0 Å². The molecule has 0 spiro atoms. The molecule has 0 fully saturated rings. The second kappa shape index (κ2) is 5.71. The quantitative estimate of drug-likeness (QED) is 0.848. The molecule has 2 aromatic carbocycles. The van der Waals surface area contributed by atoms with Gasteiger partial charge < -0.3 is 0 Å². The molecule has 100 valence electrons. The van der Waals surface area contributed by atoms with E-state index in [1.807, 2.05) is 0 Å². The number of nitrogens with one attached hydrogen (secondary N) is 1. The molecule has 0 saturated heterocycles. The van der Waals surface area contributed by atoms with Crippen LogP contribution in [0.1, 0.15) is 0 Å². The monoisotopic (exact) mass is 379 g/mol. The van der Waals surface area contributed by atoms with Crippen molar-refractivity contribution >= 4 is 54.8 Å². The lowest BCUT2D eigenvalue weighted by Gasteiger charge is -2.10. The smallest absolute Gasteiger partial charge is 0.263 e. The molecular formula is C12H8BrCl2NO2S. The van der Waals surface area contributed by atoms with E-state index in [0.29, 0.717) is 15.2 Å². The van der Waals surface area contributed by atoms with E-state index in [-0.39, 0.29) is 9.92 Å². The summed E-state index contributed by atoms with van der Waals surface area (Å²) in [4.78, 5) is 0.0303. The van der Waals surface area contributed by atoms with Crippen molar-refractivity contribution < 1.29 is 8.42 Å². The van der Waals surface area contributed by atoms with Crippen molar-refractivity contribution in [2.24, 2.45) is 0 Å². The van der Waals surface area contributed by atoms with E-state index in [0.717, 1.165) is 0 Å². The molecule has 2 aromatic rings. The molecular weight excluding hydrogens is 373 g/mol. The topological polar surface area (TPSA) is 46.2 Å². The minimum Gasteiger partial charge on any atom is -0.280 e. The number of anilines is 1. The van der Waals surface area contributed by atoms with Gasteiger partial charge in [-0.05, 0) is 46.3 Å². The lowest BCUT2D eigenvalue weighted by Crippen LogP contribution is -2.13. The van der Waals surface area contributed by atoms with Crippen LogP contribution in [0.5, 0.6) is 0 Å². The van der Waals surface area contributed by atoms with Crippen molar-refractivity contribution in [3.63, 3.8) is 0 Å². The Bertz CT molecular complexity index is 719. The van der Waals surface area contributed by atoms with Crippen LogP contribution in [-0.2, 0) is 10.0 Å². The first-order valence-electron chi connectivity index (χ1n) is 5.12. The Kier molecular flexibility index (Phi) is 4.40. The Balaban J connectivity index is 2.37. The van der Waals surface area contributed by atoms with Crippen molar-refractivity contribution in [3.8, 4) is 0 Å². The van der Waals surface area contributed by atoms with E-state index in [2.05, 4.69) is 20.7 Å². The summed E-state index contributed by atoms with van der Waals surface area (Å²) in [7, 11) is -3.72. The van der Waals surface area contributed by atoms with E-state index in [9.17, 15) is 8.42 Å². The van der Waals surface area contributed by atoms with Crippen molar-refractivity contribution in [1.29, 1.82) is 0 Å². The van der Waals surface area contributed by atoms with Crippen LogP contribution < -0.4 is 4.72 Å². The summed E-state index contributed by atoms with van der Waals surface area (Å²) in [5.74, 6) is 0. The minimum atomic E-state index is -3.72. The van der Waals surface area contributed by atoms with Crippen LogP contribution in [0.15, 0.2) is 51.8 Å².